The molecule has 1 aliphatic heterocycles. The molecule has 0 spiro atoms. The number of hydrogen-bond acceptors (Lipinski definition) is 8. The summed E-state index contributed by atoms with van der Waals surface area (Å²) in [5.74, 6) is 1.31. The molecule has 200 valence electrons. The number of likely N-dealkylation sites (N-methyl/N-ethyl adjacent to an activating group) is 1. The summed E-state index contributed by atoms with van der Waals surface area (Å²) in [6.07, 6.45) is 3.63. The number of nitrogens with one attached hydrogen (secondary N) is 2. The fourth-order valence-electron chi connectivity index (χ4n) is 4.40. The number of fused-ring (bicyclic) bond motifs is 1. The predicted molar refractivity (Wildman–Crippen MR) is 153 cm³/mol. The van der Waals surface area contributed by atoms with Gasteiger partial charge < -0.3 is 25.0 Å². The molecule has 10 heteroatoms. The lowest BCUT2D eigenvalue weighted by molar-refractivity contribution is -0.111. The second kappa shape index (κ2) is 11.7. The Morgan fingerprint density at radius 2 is 2.08 bits per heavy atom. The number of nitrogens with zero attached hydrogens (tertiary/aromatic N) is 4. The van der Waals surface area contributed by atoms with Gasteiger partial charge in [-0.2, -0.15) is 0 Å². The second-order valence-electron chi connectivity index (χ2n) is 9.40. The monoisotopic (exact) mass is 544 g/mol. The molecule has 2 aromatic carbocycles. The number of carbonyl (C=O) groups excluding carboxylic acids is 1. The number of hydrogen-bond donors (Lipinski definition) is 2. The Kier molecular flexibility index (Phi) is 7.90. The number of halogens is 1. The Morgan fingerprint density at radius 3 is 2.82 bits per heavy atom. The van der Waals surface area contributed by atoms with E-state index in [0.717, 1.165) is 30.9 Å². The van der Waals surface area contributed by atoms with Crippen molar-refractivity contribution < 1.29 is 14.3 Å². The van der Waals surface area contributed by atoms with Gasteiger partial charge in [0.15, 0.2) is 0 Å². The number of ether oxygens (including phenoxy) is 2. The van der Waals surface area contributed by atoms with Crippen molar-refractivity contribution in [1.29, 1.82) is 0 Å². The van der Waals surface area contributed by atoms with E-state index in [1.165, 1.54) is 12.4 Å². The van der Waals surface area contributed by atoms with Gasteiger partial charge in [-0.05, 0) is 62.9 Å². The number of amides is 1. The van der Waals surface area contributed by atoms with Crippen molar-refractivity contribution in [3.63, 3.8) is 0 Å². The number of aromatic nitrogens is 3. The van der Waals surface area contributed by atoms with Crippen LogP contribution in [0.1, 0.15) is 17.8 Å². The van der Waals surface area contributed by atoms with Gasteiger partial charge in [0.25, 0.3) is 0 Å². The third-order valence-corrected chi connectivity index (χ3v) is 6.63. The topological polar surface area (TPSA) is 102 Å². The Bertz CT molecular complexity index is 1530. The van der Waals surface area contributed by atoms with Gasteiger partial charge >= 0.3 is 0 Å². The van der Waals surface area contributed by atoms with E-state index in [-0.39, 0.29) is 12.0 Å². The first kappa shape index (κ1) is 26.4. The Morgan fingerprint density at radius 1 is 1.21 bits per heavy atom. The smallest absolute Gasteiger partial charge is 0.247 e. The first-order valence-corrected chi connectivity index (χ1v) is 12.9. The maximum atomic E-state index is 12.2. The van der Waals surface area contributed by atoms with Crippen LogP contribution in [0.3, 0.4) is 0 Å². The Labute approximate surface area is 231 Å². The molecule has 1 aliphatic rings. The molecule has 1 fully saturated rings. The summed E-state index contributed by atoms with van der Waals surface area (Å²) in [5, 5.41) is 7.31. The average molecular weight is 545 g/mol. The van der Waals surface area contributed by atoms with Crippen LogP contribution in [0.4, 0.5) is 17.2 Å². The maximum absolute atomic E-state index is 12.2. The van der Waals surface area contributed by atoms with E-state index in [1.807, 2.05) is 37.3 Å². The largest absolute Gasteiger partial charge is 0.487 e. The van der Waals surface area contributed by atoms with Gasteiger partial charge in [-0.25, -0.2) is 9.97 Å². The number of carbonyl (C=O) groups is 1. The number of likely N-dealkylation sites (tertiary alicyclic amines) is 1. The molecule has 4 aromatic rings. The summed E-state index contributed by atoms with van der Waals surface area (Å²) in [6, 6.07) is 14.8. The minimum atomic E-state index is -0.336. The zero-order valence-corrected chi connectivity index (χ0v) is 22.5. The molecular weight excluding hydrogens is 516 g/mol. The van der Waals surface area contributed by atoms with E-state index in [0.29, 0.717) is 51.2 Å². The van der Waals surface area contributed by atoms with E-state index in [9.17, 15) is 4.79 Å². The van der Waals surface area contributed by atoms with E-state index in [1.54, 1.807) is 18.2 Å². The molecule has 0 unspecified atom stereocenters. The fraction of sp³-hybridized carbons (Fsp3) is 0.241. The second-order valence-corrected chi connectivity index (χ2v) is 9.81. The first-order chi connectivity index (χ1) is 18.9. The summed E-state index contributed by atoms with van der Waals surface area (Å²) in [7, 11) is 2.06. The lowest BCUT2D eigenvalue weighted by Gasteiger charge is -2.18. The van der Waals surface area contributed by atoms with Crippen molar-refractivity contribution in [3.8, 4) is 11.5 Å². The van der Waals surface area contributed by atoms with Crippen LogP contribution >= 0.6 is 11.6 Å². The highest BCUT2D eigenvalue weighted by Crippen LogP contribution is 2.36. The molecule has 1 saturated heterocycles. The molecule has 0 aliphatic carbocycles. The number of rotatable bonds is 9. The number of aryl methyl sites for hydroxylation is 1. The van der Waals surface area contributed by atoms with Crippen LogP contribution in [0.5, 0.6) is 11.5 Å². The highest BCUT2D eigenvalue weighted by Gasteiger charge is 2.23. The molecule has 0 radical (unpaired) electrons. The lowest BCUT2D eigenvalue weighted by atomic mass is 10.1. The van der Waals surface area contributed by atoms with Crippen LogP contribution in [0.2, 0.25) is 5.02 Å². The van der Waals surface area contributed by atoms with Gasteiger partial charge in [-0.3, -0.25) is 9.78 Å². The number of benzene rings is 2. The van der Waals surface area contributed by atoms with Gasteiger partial charge in [0.2, 0.25) is 5.91 Å². The van der Waals surface area contributed by atoms with Crippen LogP contribution in [-0.4, -0.2) is 52.0 Å². The van der Waals surface area contributed by atoms with Crippen molar-refractivity contribution in [1.82, 2.24) is 19.9 Å². The van der Waals surface area contributed by atoms with Crippen molar-refractivity contribution >= 4 is 45.6 Å². The zero-order chi connectivity index (χ0) is 27.4. The maximum Gasteiger partial charge on any atom is 0.247 e. The molecule has 3 heterocycles. The third-order valence-electron chi connectivity index (χ3n) is 6.34. The predicted octanol–water partition coefficient (Wildman–Crippen LogP) is 5.52. The van der Waals surface area contributed by atoms with Crippen LogP contribution in [0, 0.1) is 6.92 Å². The summed E-state index contributed by atoms with van der Waals surface area (Å²) in [5.41, 5.74) is 3.65. The summed E-state index contributed by atoms with van der Waals surface area (Å²) < 4.78 is 12.1. The molecule has 9 nitrogen and oxygen atoms in total. The molecule has 0 bridgehead atoms. The van der Waals surface area contributed by atoms with Crippen molar-refractivity contribution in [2.75, 3.05) is 30.8 Å². The molecule has 2 aromatic heterocycles. The van der Waals surface area contributed by atoms with Crippen LogP contribution < -0.4 is 20.1 Å². The number of anilines is 3. The molecule has 1 amide bonds. The average Bonchev–Trinajstić information content (AvgIpc) is 3.33. The van der Waals surface area contributed by atoms with Gasteiger partial charge in [0, 0.05) is 35.9 Å². The quantitative estimate of drug-likeness (QED) is 0.266. The molecular formula is C29H29ClN6O3. The first-order valence-electron chi connectivity index (χ1n) is 12.6. The molecule has 1 atom stereocenters. The molecule has 0 saturated carbocycles. The van der Waals surface area contributed by atoms with Crippen molar-refractivity contribution in [2.24, 2.45) is 0 Å². The van der Waals surface area contributed by atoms with Crippen LogP contribution in [-0.2, 0) is 11.4 Å². The normalized spacial score (nSPS) is 15.2. The molecule has 5 rings (SSSR count). The number of pyridine rings is 1. The Hall–Kier alpha value is -4.21. The van der Waals surface area contributed by atoms with Crippen LogP contribution in [0.25, 0.3) is 10.9 Å². The van der Waals surface area contributed by atoms with Gasteiger partial charge in [0.05, 0.1) is 21.9 Å². The standard InChI is InChI=1S/C29H29ClN6O3/c1-4-28(37)35-25-13-22-24(14-27(25)39-21-10-11-36(3)15-21)31-17-32-29(22)34-19-8-9-26(23(30)12-19)38-16-20-7-5-6-18(2)33-20/h4-9,12-14,17,21H,1,10-11,15-16H2,2-3H3,(H,35,37)(H,31,32,34)/t21-/m1/s1. The SMILES string of the molecule is C=CC(=O)Nc1cc2c(Nc3ccc(OCc4cccc(C)n4)c(Cl)c3)ncnc2cc1O[C@@H]1CCN(C)C1. The summed E-state index contributed by atoms with van der Waals surface area (Å²) in [4.78, 5) is 27.7. The van der Waals surface area contributed by atoms with Crippen LogP contribution in [0.15, 0.2) is 67.5 Å². The summed E-state index contributed by atoms with van der Waals surface area (Å²) in [6.45, 7) is 7.58. The third kappa shape index (κ3) is 6.45. The molecule has 2 N–H and O–H groups in total. The zero-order valence-electron chi connectivity index (χ0n) is 21.8. The highest BCUT2D eigenvalue weighted by atomic mass is 35.5. The Balaban J connectivity index is 1.39. The van der Waals surface area contributed by atoms with Gasteiger partial charge in [0.1, 0.15) is 36.4 Å². The van der Waals surface area contributed by atoms with E-state index in [4.69, 9.17) is 21.1 Å². The van der Waals surface area contributed by atoms with Gasteiger partial charge in [-0.15, -0.1) is 0 Å². The minimum Gasteiger partial charge on any atom is -0.487 e. The van der Waals surface area contributed by atoms with Crippen molar-refractivity contribution in [3.05, 3.63) is 83.9 Å². The van der Waals surface area contributed by atoms with E-state index < -0.39 is 0 Å². The lowest BCUT2D eigenvalue weighted by Crippen LogP contribution is -2.22. The van der Waals surface area contributed by atoms with E-state index in [2.05, 4.69) is 44.1 Å². The fourth-order valence-corrected chi connectivity index (χ4v) is 4.63. The van der Waals surface area contributed by atoms with E-state index >= 15 is 0 Å². The van der Waals surface area contributed by atoms with Crippen molar-refractivity contribution in [2.45, 2.75) is 26.1 Å². The molecule has 39 heavy (non-hydrogen) atoms. The summed E-state index contributed by atoms with van der Waals surface area (Å²) >= 11 is 6.53. The van der Waals surface area contributed by atoms with Gasteiger partial charge in [-0.1, -0.05) is 24.2 Å². The minimum absolute atomic E-state index is 0.0239. The highest BCUT2D eigenvalue weighted by molar-refractivity contribution is 6.32.